The summed E-state index contributed by atoms with van der Waals surface area (Å²) < 4.78 is 19.3. The van der Waals surface area contributed by atoms with Crippen LogP contribution in [0.4, 0.5) is 10.1 Å². The van der Waals surface area contributed by atoms with Gasteiger partial charge in [-0.1, -0.05) is 0 Å². The predicted octanol–water partition coefficient (Wildman–Crippen LogP) is 5.05. The monoisotopic (exact) mass is 389 g/mol. The van der Waals surface area contributed by atoms with Crippen molar-refractivity contribution in [2.45, 2.75) is 0 Å². The van der Waals surface area contributed by atoms with E-state index in [1.165, 1.54) is 36.4 Å². The fourth-order valence-electron chi connectivity index (χ4n) is 1.35. The van der Waals surface area contributed by atoms with E-state index >= 15 is 0 Å². The lowest BCUT2D eigenvalue weighted by atomic mass is 10.3. The van der Waals surface area contributed by atoms with Gasteiger partial charge in [0.05, 0.1) is 13.9 Å². The summed E-state index contributed by atoms with van der Waals surface area (Å²) in [4.78, 5) is 10.1. The molecule has 0 saturated carbocycles. The molecule has 2 aromatic carbocycles. The van der Waals surface area contributed by atoms with Gasteiger partial charge in [0.25, 0.3) is 5.69 Å². The van der Waals surface area contributed by atoms with E-state index in [1.807, 2.05) is 0 Å². The molecule has 98 valence electrons. The highest BCUT2D eigenvalue weighted by Gasteiger charge is 2.11. The van der Waals surface area contributed by atoms with Crippen molar-refractivity contribution in [3.8, 4) is 11.5 Å². The molecule has 2 aromatic rings. The Morgan fingerprint density at radius 3 is 2.42 bits per heavy atom. The summed E-state index contributed by atoms with van der Waals surface area (Å²) in [5, 5.41) is 10.6. The molecule has 0 aliphatic heterocycles. The molecule has 0 N–H and O–H groups in total. The quantitative estimate of drug-likeness (QED) is 0.544. The molecule has 0 aliphatic carbocycles. The lowest BCUT2D eigenvalue weighted by Gasteiger charge is -2.08. The Bertz CT molecular complexity index is 649. The minimum atomic E-state index is -0.497. The molecular weight excluding hydrogens is 385 g/mol. The molecule has 0 atom stereocenters. The molecule has 0 fully saturated rings. The Labute approximate surface area is 124 Å². The van der Waals surface area contributed by atoms with Crippen LogP contribution >= 0.6 is 31.9 Å². The van der Waals surface area contributed by atoms with E-state index < -0.39 is 10.7 Å². The first-order valence-electron chi connectivity index (χ1n) is 5.04. The van der Waals surface area contributed by atoms with Crippen molar-refractivity contribution in [3.63, 3.8) is 0 Å². The van der Waals surface area contributed by atoms with Crippen molar-refractivity contribution < 1.29 is 14.1 Å². The Balaban J connectivity index is 2.28. The molecule has 0 aliphatic rings. The molecule has 0 saturated heterocycles. The smallest absolute Gasteiger partial charge is 0.270 e. The van der Waals surface area contributed by atoms with Gasteiger partial charge in [-0.05, 0) is 56.1 Å². The van der Waals surface area contributed by atoms with Gasteiger partial charge in [0.1, 0.15) is 17.3 Å². The molecule has 19 heavy (non-hydrogen) atoms. The largest absolute Gasteiger partial charge is 0.456 e. The number of nitro groups is 1. The summed E-state index contributed by atoms with van der Waals surface area (Å²) in [6.07, 6.45) is 0. The standard InChI is InChI=1S/C12H6Br2FNO3/c13-9-6-8(2-3-11(9)15)19-12-4-1-7(16(17)18)5-10(12)14/h1-6H. The third kappa shape index (κ3) is 3.30. The third-order valence-electron chi connectivity index (χ3n) is 2.25. The highest BCUT2D eigenvalue weighted by atomic mass is 79.9. The van der Waals surface area contributed by atoms with Crippen LogP contribution in [0.3, 0.4) is 0 Å². The number of nitrogens with zero attached hydrogens (tertiary/aromatic N) is 1. The third-order valence-corrected chi connectivity index (χ3v) is 3.47. The second kappa shape index (κ2) is 5.66. The number of nitro benzene ring substituents is 1. The molecule has 0 unspecified atom stereocenters. The van der Waals surface area contributed by atoms with Gasteiger partial charge in [-0.3, -0.25) is 10.1 Å². The first-order valence-corrected chi connectivity index (χ1v) is 6.63. The highest BCUT2D eigenvalue weighted by molar-refractivity contribution is 9.10. The van der Waals surface area contributed by atoms with Gasteiger partial charge in [-0.25, -0.2) is 4.39 Å². The molecular formula is C12H6Br2FNO3. The molecule has 0 spiro atoms. The summed E-state index contributed by atoms with van der Waals surface area (Å²) in [7, 11) is 0. The Kier molecular flexibility index (Phi) is 4.16. The maximum absolute atomic E-state index is 13.1. The zero-order chi connectivity index (χ0) is 14.0. The van der Waals surface area contributed by atoms with Crippen LogP contribution in [-0.2, 0) is 0 Å². The number of non-ortho nitro benzene ring substituents is 1. The molecule has 0 radical (unpaired) electrons. The topological polar surface area (TPSA) is 52.4 Å². The molecule has 4 nitrogen and oxygen atoms in total. The number of halogens is 3. The van der Waals surface area contributed by atoms with Gasteiger partial charge < -0.3 is 4.74 Å². The van der Waals surface area contributed by atoms with Gasteiger partial charge in [-0.15, -0.1) is 0 Å². The average Bonchev–Trinajstić information content (AvgIpc) is 2.36. The highest BCUT2D eigenvalue weighted by Crippen LogP contribution is 2.33. The van der Waals surface area contributed by atoms with Crippen molar-refractivity contribution in [2.24, 2.45) is 0 Å². The van der Waals surface area contributed by atoms with Gasteiger partial charge in [0.2, 0.25) is 0 Å². The summed E-state index contributed by atoms with van der Waals surface area (Å²) in [6.45, 7) is 0. The van der Waals surface area contributed by atoms with E-state index in [0.29, 0.717) is 16.0 Å². The van der Waals surface area contributed by atoms with Crippen molar-refractivity contribution in [1.29, 1.82) is 0 Å². The molecule has 0 aromatic heterocycles. The maximum atomic E-state index is 13.1. The number of hydrogen-bond donors (Lipinski definition) is 0. The Hall–Kier alpha value is -1.47. The Morgan fingerprint density at radius 2 is 1.84 bits per heavy atom. The van der Waals surface area contributed by atoms with E-state index in [9.17, 15) is 14.5 Å². The predicted molar refractivity (Wildman–Crippen MR) is 75.0 cm³/mol. The molecule has 0 heterocycles. The van der Waals surface area contributed by atoms with Crippen LogP contribution in [0.2, 0.25) is 0 Å². The van der Waals surface area contributed by atoms with Crippen LogP contribution in [0.15, 0.2) is 45.3 Å². The fraction of sp³-hybridized carbons (Fsp3) is 0. The second-order valence-electron chi connectivity index (χ2n) is 3.55. The number of hydrogen-bond acceptors (Lipinski definition) is 3. The number of rotatable bonds is 3. The number of ether oxygens (including phenoxy) is 1. The van der Waals surface area contributed by atoms with Crippen LogP contribution in [-0.4, -0.2) is 4.92 Å². The van der Waals surface area contributed by atoms with Gasteiger partial charge in [-0.2, -0.15) is 0 Å². The van der Waals surface area contributed by atoms with Gasteiger partial charge in [0, 0.05) is 12.1 Å². The van der Waals surface area contributed by atoms with Crippen LogP contribution in [0.25, 0.3) is 0 Å². The first kappa shape index (κ1) is 14.0. The SMILES string of the molecule is O=[N+]([O-])c1ccc(Oc2ccc(F)c(Br)c2)c(Br)c1. The van der Waals surface area contributed by atoms with E-state index in [2.05, 4.69) is 31.9 Å². The van der Waals surface area contributed by atoms with E-state index in [-0.39, 0.29) is 10.2 Å². The summed E-state index contributed by atoms with van der Waals surface area (Å²) in [6, 6.07) is 8.35. The zero-order valence-corrected chi connectivity index (χ0v) is 12.4. The van der Waals surface area contributed by atoms with Crippen LogP contribution < -0.4 is 4.74 Å². The summed E-state index contributed by atoms with van der Waals surface area (Å²) in [5.74, 6) is 0.432. The van der Waals surface area contributed by atoms with Crippen molar-refractivity contribution in [2.75, 3.05) is 0 Å². The molecule has 7 heteroatoms. The minimum Gasteiger partial charge on any atom is -0.456 e. The van der Waals surface area contributed by atoms with Crippen molar-refractivity contribution >= 4 is 37.5 Å². The lowest BCUT2D eigenvalue weighted by Crippen LogP contribution is -1.90. The van der Waals surface area contributed by atoms with Crippen LogP contribution in [0.1, 0.15) is 0 Å². The van der Waals surface area contributed by atoms with E-state index in [0.717, 1.165) is 0 Å². The molecule has 0 amide bonds. The maximum Gasteiger partial charge on any atom is 0.270 e. The lowest BCUT2D eigenvalue weighted by molar-refractivity contribution is -0.384. The molecule has 0 bridgehead atoms. The molecule has 2 rings (SSSR count). The second-order valence-corrected chi connectivity index (χ2v) is 5.26. The normalized spacial score (nSPS) is 10.3. The first-order chi connectivity index (χ1) is 8.97. The van der Waals surface area contributed by atoms with E-state index in [4.69, 9.17) is 4.74 Å². The number of benzene rings is 2. The summed E-state index contributed by atoms with van der Waals surface area (Å²) >= 11 is 6.24. The van der Waals surface area contributed by atoms with Gasteiger partial charge >= 0.3 is 0 Å². The minimum absolute atomic E-state index is 0.0421. The van der Waals surface area contributed by atoms with Gasteiger partial charge in [0.15, 0.2) is 0 Å². The van der Waals surface area contributed by atoms with E-state index in [1.54, 1.807) is 0 Å². The Morgan fingerprint density at radius 1 is 1.11 bits per heavy atom. The van der Waals surface area contributed by atoms with Crippen LogP contribution in [0.5, 0.6) is 11.5 Å². The van der Waals surface area contributed by atoms with Crippen LogP contribution in [0, 0.1) is 15.9 Å². The average molecular weight is 391 g/mol. The van der Waals surface area contributed by atoms with Crippen molar-refractivity contribution in [3.05, 3.63) is 61.3 Å². The fourth-order valence-corrected chi connectivity index (χ4v) is 2.16. The summed E-state index contributed by atoms with van der Waals surface area (Å²) in [5.41, 5.74) is -0.0421. The van der Waals surface area contributed by atoms with Crippen molar-refractivity contribution in [1.82, 2.24) is 0 Å². The zero-order valence-electron chi connectivity index (χ0n) is 9.27.